The number of ether oxygens (including phenoxy) is 1. The average Bonchev–Trinajstić information content (AvgIpc) is 2.75. The van der Waals surface area contributed by atoms with Crippen molar-refractivity contribution in [1.82, 2.24) is 9.55 Å². The minimum Gasteiger partial charge on any atom is -0.394 e. The molecule has 0 aliphatic rings. The van der Waals surface area contributed by atoms with Gasteiger partial charge in [0.2, 0.25) is 0 Å². The molecule has 0 bridgehead atoms. The summed E-state index contributed by atoms with van der Waals surface area (Å²) in [4.78, 5) is 5.45. The molecule has 0 aliphatic heterocycles. The van der Waals surface area contributed by atoms with E-state index in [1.54, 1.807) is 6.07 Å². The van der Waals surface area contributed by atoms with E-state index in [4.69, 9.17) is 9.84 Å². The molecule has 0 radical (unpaired) electrons. The minimum atomic E-state index is -0.251. The third kappa shape index (κ3) is 4.09. The summed E-state index contributed by atoms with van der Waals surface area (Å²) in [6.07, 6.45) is 0. The Morgan fingerprint density at radius 2 is 2.18 bits per heavy atom. The second-order valence-electron chi connectivity index (χ2n) is 5.27. The Bertz CT molecular complexity index is 629. The summed E-state index contributed by atoms with van der Waals surface area (Å²) >= 11 is 1.45. The Morgan fingerprint density at radius 1 is 1.41 bits per heavy atom. The lowest BCUT2D eigenvalue weighted by atomic mass is 10.1. The Morgan fingerprint density at radius 3 is 2.82 bits per heavy atom. The number of aliphatic hydroxyl groups excluding tert-OH is 1. The Labute approximate surface area is 134 Å². The fraction of sp³-hybridized carbons (Fsp3) is 0.438. The van der Waals surface area contributed by atoms with Crippen molar-refractivity contribution in [1.29, 1.82) is 0 Å². The largest absolute Gasteiger partial charge is 0.394 e. The Hall–Kier alpha value is -1.37. The van der Waals surface area contributed by atoms with Crippen molar-refractivity contribution in [3.05, 3.63) is 41.6 Å². The van der Waals surface area contributed by atoms with Gasteiger partial charge in [-0.05, 0) is 24.1 Å². The summed E-state index contributed by atoms with van der Waals surface area (Å²) in [5, 5.41) is 9.66. The topological polar surface area (TPSA) is 47.3 Å². The monoisotopic (exact) mass is 324 g/mol. The van der Waals surface area contributed by atoms with Gasteiger partial charge < -0.3 is 14.4 Å². The van der Waals surface area contributed by atoms with Crippen molar-refractivity contribution in [2.45, 2.75) is 36.3 Å². The highest BCUT2D eigenvalue weighted by molar-refractivity contribution is 7.99. The van der Waals surface area contributed by atoms with Crippen molar-refractivity contribution in [3.8, 4) is 0 Å². The highest BCUT2D eigenvalue weighted by Gasteiger charge is 2.18. The summed E-state index contributed by atoms with van der Waals surface area (Å²) in [7, 11) is 1.95. The molecule has 2 aromatic rings. The van der Waals surface area contributed by atoms with Crippen LogP contribution < -0.4 is 0 Å². The van der Waals surface area contributed by atoms with Crippen molar-refractivity contribution in [3.63, 3.8) is 0 Å². The standard InChI is InChI=1S/C16H21FN2O2S/c1-11(2)15-16(22-13-6-4-5-12(17)9-13)18-14(19(15)3)10-21-8-7-20/h4-6,9,11,20H,7-8,10H2,1-3H3. The molecule has 0 unspecified atom stereocenters. The second kappa shape index (κ2) is 7.76. The lowest BCUT2D eigenvalue weighted by molar-refractivity contribution is 0.0763. The molecule has 1 aromatic carbocycles. The molecule has 0 amide bonds. The van der Waals surface area contributed by atoms with Crippen LogP contribution in [0, 0.1) is 5.82 Å². The maximum absolute atomic E-state index is 13.3. The SMILES string of the molecule is CC(C)c1c(Sc2cccc(F)c2)nc(COCCO)n1C. The van der Waals surface area contributed by atoms with E-state index in [9.17, 15) is 4.39 Å². The molecule has 0 fully saturated rings. The van der Waals surface area contributed by atoms with E-state index in [1.807, 2.05) is 17.7 Å². The van der Waals surface area contributed by atoms with Gasteiger partial charge in [0.15, 0.2) is 0 Å². The highest BCUT2D eigenvalue weighted by Crippen LogP contribution is 2.34. The Balaban J connectivity index is 2.27. The molecule has 0 aliphatic carbocycles. The predicted molar refractivity (Wildman–Crippen MR) is 84.6 cm³/mol. The third-order valence-corrected chi connectivity index (χ3v) is 4.21. The lowest BCUT2D eigenvalue weighted by Gasteiger charge is -2.10. The molecule has 22 heavy (non-hydrogen) atoms. The van der Waals surface area contributed by atoms with Gasteiger partial charge in [-0.1, -0.05) is 31.7 Å². The maximum atomic E-state index is 13.3. The number of aliphatic hydroxyl groups is 1. The number of halogens is 1. The molecule has 0 atom stereocenters. The molecule has 2 rings (SSSR count). The predicted octanol–water partition coefficient (Wildman–Crippen LogP) is 3.34. The number of nitrogens with zero attached hydrogens (tertiary/aromatic N) is 2. The van der Waals surface area contributed by atoms with E-state index < -0.39 is 0 Å². The Kier molecular flexibility index (Phi) is 5.99. The van der Waals surface area contributed by atoms with E-state index in [0.29, 0.717) is 12.5 Å². The molecular formula is C16H21FN2O2S. The maximum Gasteiger partial charge on any atom is 0.136 e. The summed E-state index contributed by atoms with van der Waals surface area (Å²) in [6.45, 7) is 4.83. The first-order chi connectivity index (χ1) is 10.5. The van der Waals surface area contributed by atoms with Gasteiger partial charge in [0.05, 0.1) is 18.9 Å². The molecule has 1 heterocycles. The lowest BCUT2D eigenvalue weighted by Crippen LogP contribution is -2.07. The normalized spacial score (nSPS) is 11.4. The molecule has 1 N–H and O–H groups in total. The summed E-state index contributed by atoms with van der Waals surface area (Å²) in [5.74, 6) is 0.842. The third-order valence-electron chi connectivity index (χ3n) is 3.22. The zero-order chi connectivity index (χ0) is 16.1. The number of rotatable bonds is 7. The second-order valence-corrected chi connectivity index (χ2v) is 6.33. The molecule has 0 saturated carbocycles. The summed E-state index contributed by atoms with van der Waals surface area (Å²) in [6, 6.07) is 6.50. The van der Waals surface area contributed by atoms with Crippen LogP contribution in [-0.4, -0.2) is 27.9 Å². The van der Waals surface area contributed by atoms with E-state index >= 15 is 0 Å². The van der Waals surface area contributed by atoms with Crippen LogP contribution in [0.3, 0.4) is 0 Å². The quantitative estimate of drug-likeness (QED) is 0.794. The fourth-order valence-electron chi connectivity index (χ4n) is 2.24. The molecule has 6 heteroatoms. The van der Waals surface area contributed by atoms with Gasteiger partial charge >= 0.3 is 0 Å². The molecular weight excluding hydrogens is 303 g/mol. The van der Waals surface area contributed by atoms with Crippen LogP contribution in [0.2, 0.25) is 0 Å². The van der Waals surface area contributed by atoms with E-state index in [1.165, 1.54) is 23.9 Å². The minimum absolute atomic E-state index is 0.00758. The van der Waals surface area contributed by atoms with Crippen molar-refractivity contribution >= 4 is 11.8 Å². The van der Waals surface area contributed by atoms with Crippen molar-refractivity contribution in [2.75, 3.05) is 13.2 Å². The number of benzene rings is 1. The van der Waals surface area contributed by atoms with E-state index in [0.717, 1.165) is 21.4 Å². The number of hydrogen-bond donors (Lipinski definition) is 1. The van der Waals surface area contributed by atoms with Gasteiger partial charge in [-0.15, -0.1) is 0 Å². The van der Waals surface area contributed by atoms with Crippen molar-refractivity contribution in [2.24, 2.45) is 7.05 Å². The molecule has 4 nitrogen and oxygen atoms in total. The summed E-state index contributed by atoms with van der Waals surface area (Å²) < 4.78 is 20.7. The van der Waals surface area contributed by atoms with Gasteiger partial charge in [0.25, 0.3) is 0 Å². The molecule has 0 saturated heterocycles. The van der Waals surface area contributed by atoms with Crippen LogP contribution in [0.25, 0.3) is 0 Å². The number of imidazole rings is 1. The van der Waals surface area contributed by atoms with Gasteiger partial charge in [0, 0.05) is 11.9 Å². The van der Waals surface area contributed by atoms with Gasteiger partial charge in [-0.3, -0.25) is 0 Å². The summed E-state index contributed by atoms with van der Waals surface area (Å²) in [5.41, 5.74) is 1.09. The van der Waals surface area contributed by atoms with E-state index in [2.05, 4.69) is 18.8 Å². The average molecular weight is 324 g/mol. The van der Waals surface area contributed by atoms with Gasteiger partial charge in [0.1, 0.15) is 23.3 Å². The van der Waals surface area contributed by atoms with Crippen LogP contribution in [0.1, 0.15) is 31.3 Å². The van der Waals surface area contributed by atoms with E-state index in [-0.39, 0.29) is 19.0 Å². The first-order valence-corrected chi connectivity index (χ1v) is 8.02. The smallest absolute Gasteiger partial charge is 0.136 e. The van der Waals surface area contributed by atoms with Crippen LogP contribution in [0.15, 0.2) is 34.2 Å². The van der Waals surface area contributed by atoms with Gasteiger partial charge in [-0.2, -0.15) is 0 Å². The van der Waals surface area contributed by atoms with Crippen LogP contribution >= 0.6 is 11.8 Å². The van der Waals surface area contributed by atoms with Crippen LogP contribution in [0.4, 0.5) is 4.39 Å². The fourth-order valence-corrected chi connectivity index (χ4v) is 3.41. The highest BCUT2D eigenvalue weighted by atomic mass is 32.2. The molecule has 120 valence electrons. The number of aromatic nitrogens is 2. The molecule has 0 spiro atoms. The molecule has 1 aromatic heterocycles. The van der Waals surface area contributed by atoms with Crippen LogP contribution in [0.5, 0.6) is 0 Å². The van der Waals surface area contributed by atoms with Gasteiger partial charge in [-0.25, -0.2) is 9.37 Å². The first kappa shape index (κ1) is 17.0. The van der Waals surface area contributed by atoms with Crippen molar-refractivity contribution < 1.29 is 14.2 Å². The number of hydrogen-bond acceptors (Lipinski definition) is 4. The zero-order valence-corrected chi connectivity index (χ0v) is 13.9. The first-order valence-electron chi connectivity index (χ1n) is 7.20. The zero-order valence-electron chi connectivity index (χ0n) is 13.0. The van der Waals surface area contributed by atoms with Crippen LogP contribution in [-0.2, 0) is 18.4 Å².